The summed E-state index contributed by atoms with van der Waals surface area (Å²) in [5, 5.41) is 5.30. The molecule has 7 nitrogen and oxygen atoms in total. The topological polar surface area (TPSA) is 93.7 Å². The highest BCUT2D eigenvalue weighted by molar-refractivity contribution is 5.86. The molecule has 0 aromatic carbocycles. The molecule has 1 saturated carbocycles. The number of carbonyl (C=O) groups excluding carboxylic acids is 3. The smallest absolute Gasteiger partial charge is 0.408 e. The number of esters is 1. The minimum absolute atomic E-state index is 0.000333. The molecular weight excluding hydrogens is 312 g/mol. The van der Waals surface area contributed by atoms with E-state index in [0.29, 0.717) is 12.8 Å². The average molecular weight is 340 g/mol. The van der Waals surface area contributed by atoms with Gasteiger partial charge in [-0.15, -0.1) is 0 Å². The summed E-state index contributed by atoms with van der Waals surface area (Å²) in [6.45, 7) is 5.57. The maximum Gasteiger partial charge on any atom is 0.408 e. The second kappa shape index (κ2) is 7.85. The monoisotopic (exact) mass is 340 g/mol. The molecule has 136 valence electrons. The Morgan fingerprint density at radius 3 is 2.42 bits per heavy atom. The van der Waals surface area contributed by atoms with Crippen LogP contribution in [0.4, 0.5) is 4.79 Å². The van der Waals surface area contributed by atoms with Crippen molar-refractivity contribution in [2.45, 2.75) is 77.0 Å². The molecule has 0 radical (unpaired) electrons. The first-order valence-corrected chi connectivity index (χ1v) is 8.72. The molecule has 0 bridgehead atoms. The highest BCUT2D eigenvalue weighted by Gasteiger charge is 2.31. The fraction of sp³-hybridized carbons (Fsp3) is 0.824. The molecule has 1 aliphatic carbocycles. The van der Waals surface area contributed by atoms with E-state index in [1.54, 1.807) is 20.8 Å². The zero-order valence-electron chi connectivity index (χ0n) is 14.7. The summed E-state index contributed by atoms with van der Waals surface area (Å²) in [6.07, 6.45) is 3.90. The Bertz CT molecular complexity index is 480. The Morgan fingerprint density at radius 1 is 1.12 bits per heavy atom. The SMILES string of the molecule is CC(C)(C)OC(=O)N[C@H]1CC[C@@H](OC(=O)C2CCCC2)CNC1=O. The first-order valence-electron chi connectivity index (χ1n) is 8.72. The van der Waals surface area contributed by atoms with Crippen molar-refractivity contribution in [1.29, 1.82) is 0 Å². The van der Waals surface area contributed by atoms with Gasteiger partial charge in [0.2, 0.25) is 5.91 Å². The number of hydrogen-bond acceptors (Lipinski definition) is 5. The highest BCUT2D eigenvalue weighted by Crippen LogP contribution is 2.26. The summed E-state index contributed by atoms with van der Waals surface area (Å²) in [7, 11) is 0. The molecule has 2 N–H and O–H groups in total. The average Bonchev–Trinajstić information content (AvgIpc) is 2.95. The Morgan fingerprint density at radius 2 is 1.79 bits per heavy atom. The van der Waals surface area contributed by atoms with Crippen LogP contribution in [0.2, 0.25) is 0 Å². The lowest BCUT2D eigenvalue weighted by atomic mass is 10.1. The maximum absolute atomic E-state index is 12.1. The predicted molar refractivity (Wildman–Crippen MR) is 87.2 cm³/mol. The van der Waals surface area contributed by atoms with E-state index < -0.39 is 17.7 Å². The van der Waals surface area contributed by atoms with Crippen LogP contribution >= 0.6 is 0 Å². The molecule has 2 aliphatic rings. The Hall–Kier alpha value is -1.79. The van der Waals surface area contributed by atoms with Crippen molar-refractivity contribution >= 4 is 18.0 Å². The Kier molecular flexibility index (Phi) is 6.07. The quantitative estimate of drug-likeness (QED) is 0.765. The van der Waals surface area contributed by atoms with E-state index in [0.717, 1.165) is 25.7 Å². The molecule has 1 heterocycles. The lowest BCUT2D eigenvalue weighted by Gasteiger charge is -2.22. The van der Waals surface area contributed by atoms with Gasteiger partial charge in [0, 0.05) is 0 Å². The van der Waals surface area contributed by atoms with Gasteiger partial charge in [0.05, 0.1) is 12.5 Å². The summed E-state index contributed by atoms with van der Waals surface area (Å²) in [6, 6.07) is -0.671. The van der Waals surface area contributed by atoms with Crippen molar-refractivity contribution in [2.24, 2.45) is 5.92 Å². The van der Waals surface area contributed by atoms with Gasteiger partial charge in [0.25, 0.3) is 0 Å². The fourth-order valence-electron chi connectivity index (χ4n) is 3.03. The second-order valence-corrected chi connectivity index (χ2v) is 7.56. The van der Waals surface area contributed by atoms with Gasteiger partial charge in [-0.1, -0.05) is 12.8 Å². The third-order valence-electron chi connectivity index (χ3n) is 4.26. The van der Waals surface area contributed by atoms with Gasteiger partial charge in [0.1, 0.15) is 17.7 Å². The summed E-state index contributed by atoms with van der Waals surface area (Å²) >= 11 is 0. The summed E-state index contributed by atoms with van der Waals surface area (Å²) in [5.41, 5.74) is -0.620. The third kappa shape index (κ3) is 5.69. The minimum atomic E-state index is -0.671. The van der Waals surface area contributed by atoms with E-state index in [-0.39, 0.29) is 30.4 Å². The van der Waals surface area contributed by atoms with E-state index in [2.05, 4.69) is 10.6 Å². The number of ether oxygens (including phenoxy) is 2. The predicted octanol–water partition coefficient (Wildman–Crippen LogP) is 1.89. The lowest BCUT2D eigenvalue weighted by molar-refractivity contribution is -0.154. The third-order valence-corrected chi connectivity index (χ3v) is 4.26. The van der Waals surface area contributed by atoms with Crippen LogP contribution in [0.1, 0.15) is 59.3 Å². The molecule has 2 fully saturated rings. The summed E-state index contributed by atoms with van der Waals surface area (Å²) in [5.74, 6) is -0.440. The van der Waals surface area contributed by atoms with Gasteiger partial charge in [-0.3, -0.25) is 9.59 Å². The molecular formula is C17H28N2O5. The largest absolute Gasteiger partial charge is 0.460 e. The van der Waals surface area contributed by atoms with Gasteiger partial charge in [-0.2, -0.15) is 0 Å². The van der Waals surface area contributed by atoms with Gasteiger partial charge >= 0.3 is 12.1 Å². The van der Waals surface area contributed by atoms with Crippen LogP contribution in [0, 0.1) is 5.92 Å². The van der Waals surface area contributed by atoms with Gasteiger partial charge in [-0.05, 0) is 46.5 Å². The maximum atomic E-state index is 12.1. The molecule has 1 saturated heterocycles. The Balaban J connectivity index is 1.82. The number of carbonyl (C=O) groups is 3. The van der Waals surface area contributed by atoms with Gasteiger partial charge in [0.15, 0.2) is 0 Å². The van der Waals surface area contributed by atoms with Crippen LogP contribution in [0.25, 0.3) is 0 Å². The summed E-state index contributed by atoms with van der Waals surface area (Å²) in [4.78, 5) is 36.0. The van der Waals surface area contributed by atoms with E-state index in [4.69, 9.17) is 9.47 Å². The molecule has 1 aliphatic heterocycles. The fourth-order valence-corrected chi connectivity index (χ4v) is 3.03. The van der Waals surface area contributed by atoms with E-state index in [1.165, 1.54) is 0 Å². The zero-order chi connectivity index (χ0) is 17.7. The molecule has 2 atom stereocenters. The van der Waals surface area contributed by atoms with Crippen molar-refractivity contribution in [3.8, 4) is 0 Å². The van der Waals surface area contributed by atoms with Gasteiger partial charge in [-0.25, -0.2) is 4.79 Å². The molecule has 2 rings (SSSR count). The van der Waals surface area contributed by atoms with Crippen LogP contribution in [-0.4, -0.2) is 42.3 Å². The number of nitrogens with one attached hydrogen (secondary N) is 2. The van der Waals surface area contributed by atoms with Crippen LogP contribution < -0.4 is 10.6 Å². The number of alkyl carbamates (subject to hydrolysis) is 1. The number of rotatable bonds is 3. The van der Waals surface area contributed by atoms with Crippen molar-refractivity contribution in [3.05, 3.63) is 0 Å². The highest BCUT2D eigenvalue weighted by atomic mass is 16.6. The van der Waals surface area contributed by atoms with Crippen LogP contribution in [-0.2, 0) is 19.1 Å². The molecule has 24 heavy (non-hydrogen) atoms. The number of hydrogen-bond donors (Lipinski definition) is 2. The summed E-state index contributed by atoms with van der Waals surface area (Å²) < 4.78 is 10.7. The van der Waals surface area contributed by atoms with Crippen LogP contribution in [0.15, 0.2) is 0 Å². The van der Waals surface area contributed by atoms with Gasteiger partial charge < -0.3 is 20.1 Å². The molecule has 2 amide bonds. The molecule has 7 heteroatoms. The zero-order valence-corrected chi connectivity index (χ0v) is 14.7. The van der Waals surface area contributed by atoms with Crippen molar-refractivity contribution in [3.63, 3.8) is 0 Å². The number of amides is 2. The Labute approximate surface area is 142 Å². The molecule has 0 spiro atoms. The van der Waals surface area contributed by atoms with Crippen molar-refractivity contribution in [2.75, 3.05) is 6.54 Å². The molecule has 0 aromatic rings. The van der Waals surface area contributed by atoms with E-state index in [1.807, 2.05) is 0 Å². The van der Waals surface area contributed by atoms with E-state index >= 15 is 0 Å². The van der Waals surface area contributed by atoms with E-state index in [9.17, 15) is 14.4 Å². The first kappa shape index (κ1) is 18.5. The van der Waals surface area contributed by atoms with Crippen LogP contribution in [0.5, 0.6) is 0 Å². The molecule has 0 unspecified atom stereocenters. The van der Waals surface area contributed by atoms with Crippen LogP contribution in [0.3, 0.4) is 0 Å². The standard InChI is InChI=1S/C17H28N2O5/c1-17(2,3)24-16(22)19-13-9-8-12(10-18-14(13)20)23-15(21)11-6-4-5-7-11/h11-13H,4-10H2,1-3H3,(H,18,20)(H,19,22)/t12-,13+/m1/s1. The van der Waals surface area contributed by atoms with Crippen molar-refractivity contribution < 1.29 is 23.9 Å². The molecule has 0 aromatic heterocycles. The van der Waals surface area contributed by atoms with Crippen molar-refractivity contribution in [1.82, 2.24) is 10.6 Å². The normalized spacial score (nSPS) is 25.5. The second-order valence-electron chi connectivity index (χ2n) is 7.56. The lowest BCUT2D eigenvalue weighted by Crippen LogP contribution is -2.47. The minimum Gasteiger partial charge on any atom is -0.460 e. The first-order chi connectivity index (χ1) is 11.2.